The van der Waals surface area contributed by atoms with Crippen LogP contribution < -0.4 is 4.72 Å². The molecule has 6 nitrogen and oxygen atoms in total. The van der Waals surface area contributed by atoms with Gasteiger partial charge < -0.3 is 0 Å². The summed E-state index contributed by atoms with van der Waals surface area (Å²) in [5, 5.41) is 0.155. The van der Waals surface area contributed by atoms with Gasteiger partial charge in [-0.15, -0.1) is 0 Å². The first-order valence-corrected chi connectivity index (χ1v) is 7.58. The molecule has 96 valence electrons. The quantitative estimate of drug-likeness (QED) is 0.876. The van der Waals surface area contributed by atoms with Crippen LogP contribution in [-0.4, -0.2) is 23.4 Å². The predicted molar refractivity (Wildman–Crippen MR) is 69.7 cm³/mol. The Morgan fingerprint density at radius 3 is 2.61 bits per heavy atom. The van der Waals surface area contributed by atoms with E-state index in [4.69, 9.17) is 23.2 Å². The number of nitrogens with one attached hydrogen (secondary N) is 1. The zero-order valence-electron chi connectivity index (χ0n) is 8.89. The standard InChI is InChI=1S/C8H6Cl2N4O2S2/c1-4-2-5(9)13-8(12-4)14-18(15,16)6-3-11-7(10)17-6/h2-3H,1H3,(H,12,13,14). The first-order chi connectivity index (χ1) is 8.37. The molecule has 0 unspecified atom stereocenters. The molecule has 2 heterocycles. The Hall–Kier alpha value is -0.960. The highest BCUT2D eigenvalue weighted by Gasteiger charge is 2.19. The fraction of sp³-hybridized carbons (Fsp3) is 0.125. The molecular formula is C8H6Cl2N4O2S2. The summed E-state index contributed by atoms with van der Waals surface area (Å²) in [6.07, 6.45) is 1.16. The van der Waals surface area contributed by atoms with Crippen LogP contribution in [0.2, 0.25) is 9.62 Å². The van der Waals surface area contributed by atoms with Gasteiger partial charge in [0, 0.05) is 5.69 Å². The number of hydrogen-bond donors (Lipinski definition) is 1. The maximum absolute atomic E-state index is 11.9. The summed E-state index contributed by atoms with van der Waals surface area (Å²) in [5.74, 6) is -0.0930. The lowest BCUT2D eigenvalue weighted by atomic mass is 10.5. The van der Waals surface area contributed by atoms with Crippen molar-refractivity contribution in [1.29, 1.82) is 0 Å². The van der Waals surface area contributed by atoms with Gasteiger partial charge in [0.15, 0.2) is 8.68 Å². The second-order valence-electron chi connectivity index (χ2n) is 3.19. The molecule has 2 aromatic heterocycles. The van der Waals surface area contributed by atoms with Gasteiger partial charge in [0.05, 0.1) is 6.20 Å². The van der Waals surface area contributed by atoms with E-state index in [0.717, 1.165) is 17.5 Å². The molecule has 0 saturated heterocycles. The fourth-order valence-corrected chi connectivity index (χ4v) is 3.58. The number of nitrogens with zero attached hydrogens (tertiary/aromatic N) is 3. The number of hydrogen-bond acceptors (Lipinski definition) is 6. The van der Waals surface area contributed by atoms with Gasteiger partial charge in [0.25, 0.3) is 10.0 Å². The molecule has 18 heavy (non-hydrogen) atoms. The third kappa shape index (κ3) is 3.08. The topological polar surface area (TPSA) is 84.8 Å². The highest BCUT2D eigenvalue weighted by atomic mass is 35.5. The van der Waals surface area contributed by atoms with E-state index in [2.05, 4.69) is 19.7 Å². The van der Waals surface area contributed by atoms with Crippen molar-refractivity contribution in [3.63, 3.8) is 0 Å². The van der Waals surface area contributed by atoms with Crippen LogP contribution in [0.15, 0.2) is 16.5 Å². The van der Waals surface area contributed by atoms with E-state index in [9.17, 15) is 8.42 Å². The Balaban J connectivity index is 2.33. The van der Waals surface area contributed by atoms with Gasteiger partial charge in [0.2, 0.25) is 5.95 Å². The summed E-state index contributed by atoms with van der Waals surface area (Å²) in [6, 6.07) is 1.52. The Morgan fingerprint density at radius 2 is 2.06 bits per heavy atom. The first-order valence-electron chi connectivity index (χ1n) is 4.52. The summed E-state index contributed by atoms with van der Waals surface area (Å²) < 4.78 is 26.2. The first kappa shape index (κ1) is 13.5. The molecule has 2 rings (SSSR count). The van der Waals surface area contributed by atoms with Crippen molar-refractivity contribution in [3.05, 3.63) is 27.6 Å². The molecule has 2 aromatic rings. The fourth-order valence-electron chi connectivity index (χ4n) is 1.11. The number of rotatable bonds is 3. The number of thiazole rings is 1. The maximum Gasteiger partial charge on any atom is 0.275 e. The lowest BCUT2D eigenvalue weighted by Gasteiger charge is -2.04. The number of sulfonamides is 1. The average molecular weight is 325 g/mol. The minimum absolute atomic E-state index is 0.0197. The monoisotopic (exact) mass is 324 g/mol. The van der Waals surface area contributed by atoms with E-state index >= 15 is 0 Å². The van der Waals surface area contributed by atoms with Crippen molar-refractivity contribution in [3.8, 4) is 0 Å². The lowest BCUT2D eigenvalue weighted by Crippen LogP contribution is -2.14. The van der Waals surface area contributed by atoms with E-state index in [1.165, 1.54) is 6.07 Å². The van der Waals surface area contributed by atoms with E-state index in [-0.39, 0.29) is 19.8 Å². The van der Waals surface area contributed by atoms with Crippen molar-refractivity contribution < 1.29 is 8.42 Å². The number of aromatic nitrogens is 3. The molecule has 0 atom stereocenters. The molecular weight excluding hydrogens is 319 g/mol. The van der Waals surface area contributed by atoms with E-state index in [1.807, 2.05) is 0 Å². The summed E-state index contributed by atoms with van der Waals surface area (Å²) in [6.45, 7) is 1.68. The molecule has 10 heteroatoms. The van der Waals surface area contributed by atoms with Crippen LogP contribution in [0.25, 0.3) is 0 Å². The van der Waals surface area contributed by atoms with Crippen LogP contribution in [0, 0.1) is 6.92 Å². The van der Waals surface area contributed by atoms with Crippen LogP contribution in [0.4, 0.5) is 5.95 Å². The molecule has 0 spiro atoms. The molecule has 0 aliphatic rings. The van der Waals surface area contributed by atoms with Gasteiger partial charge in [-0.2, -0.15) is 0 Å². The van der Waals surface area contributed by atoms with Crippen molar-refractivity contribution >= 4 is 50.5 Å². The molecule has 0 amide bonds. The van der Waals surface area contributed by atoms with E-state index in [0.29, 0.717) is 5.69 Å². The smallest absolute Gasteiger partial charge is 0.246 e. The molecule has 0 saturated carbocycles. The SMILES string of the molecule is Cc1cc(Cl)nc(NS(=O)(=O)c2cnc(Cl)s2)n1. The molecule has 0 fully saturated rings. The Morgan fingerprint density at radius 1 is 1.33 bits per heavy atom. The number of halogens is 2. The van der Waals surface area contributed by atoms with E-state index < -0.39 is 10.0 Å². The van der Waals surface area contributed by atoms with Crippen LogP contribution in [0.5, 0.6) is 0 Å². The van der Waals surface area contributed by atoms with Gasteiger partial charge in [-0.25, -0.2) is 28.1 Å². The largest absolute Gasteiger partial charge is 0.275 e. The molecule has 0 aromatic carbocycles. The van der Waals surface area contributed by atoms with Crippen LogP contribution in [0.1, 0.15) is 5.69 Å². The zero-order valence-corrected chi connectivity index (χ0v) is 12.0. The Labute approximate surface area is 117 Å². The summed E-state index contributed by atoms with van der Waals surface area (Å²) in [5.41, 5.74) is 0.551. The van der Waals surface area contributed by atoms with Gasteiger partial charge in [-0.1, -0.05) is 34.5 Å². The molecule has 0 aliphatic heterocycles. The summed E-state index contributed by atoms with van der Waals surface area (Å²) in [7, 11) is -3.79. The van der Waals surface area contributed by atoms with Crippen molar-refractivity contribution in [1.82, 2.24) is 15.0 Å². The Kier molecular flexibility index (Phi) is 3.71. The minimum atomic E-state index is -3.79. The van der Waals surface area contributed by atoms with Crippen LogP contribution in [0.3, 0.4) is 0 Å². The molecule has 0 radical (unpaired) electrons. The molecule has 0 bridgehead atoms. The van der Waals surface area contributed by atoms with Gasteiger partial charge in [0.1, 0.15) is 5.15 Å². The van der Waals surface area contributed by atoms with Gasteiger partial charge >= 0.3 is 0 Å². The highest BCUT2D eigenvalue weighted by molar-refractivity contribution is 7.94. The second kappa shape index (κ2) is 4.96. The van der Waals surface area contributed by atoms with E-state index in [1.54, 1.807) is 6.92 Å². The lowest BCUT2D eigenvalue weighted by molar-refractivity contribution is 0.602. The molecule has 0 aliphatic carbocycles. The van der Waals surface area contributed by atoms with Crippen LogP contribution >= 0.6 is 34.5 Å². The maximum atomic E-state index is 11.9. The number of aryl methyl sites for hydroxylation is 1. The van der Waals surface area contributed by atoms with Crippen molar-refractivity contribution in [2.45, 2.75) is 11.1 Å². The zero-order chi connectivity index (χ0) is 13.3. The number of anilines is 1. The van der Waals surface area contributed by atoms with Gasteiger partial charge in [-0.05, 0) is 13.0 Å². The van der Waals surface area contributed by atoms with Crippen LogP contribution in [-0.2, 0) is 10.0 Å². The van der Waals surface area contributed by atoms with Crippen molar-refractivity contribution in [2.24, 2.45) is 0 Å². The third-order valence-corrected chi connectivity index (χ3v) is 4.87. The average Bonchev–Trinajstić information content (AvgIpc) is 2.62. The van der Waals surface area contributed by atoms with Crippen molar-refractivity contribution in [2.75, 3.05) is 4.72 Å². The highest BCUT2D eigenvalue weighted by Crippen LogP contribution is 2.24. The normalized spacial score (nSPS) is 11.5. The summed E-state index contributed by atoms with van der Waals surface area (Å²) in [4.78, 5) is 11.3. The predicted octanol–water partition coefficient (Wildman–Crippen LogP) is 2.35. The second-order valence-corrected chi connectivity index (χ2v) is 7.10. The Bertz CT molecular complexity index is 666. The minimum Gasteiger partial charge on any atom is -0.246 e. The van der Waals surface area contributed by atoms with Gasteiger partial charge in [-0.3, -0.25) is 0 Å². The molecule has 1 N–H and O–H groups in total. The third-order valence-electron chi connectivity index (χ3n) is 1.77. The summed E-state index contributed by atoms with van der Waals surface area (Å²) >= 11 is 12.1.